The summed E-state index contributed by atoms with van der Waals surface area (Å²) in [6.07, 6.45) is 1.61. The molecule has 0 saturated carbocycles. The van der Waals surface area contributed by atoms with Crippen LogP contribution < -0.4 is 5.32 Å². The van der Waals surface area contributed by atoms with Gasteiger partial charge in [-0.15, -0.1) is 11.3 Å². The van der Waals surface area contributed by atoms with E-state index in [9.17, 15) is 0 Å². The van der Waals surface area contributed by atoms with Crippen LogP contribution in [-0.4, -0.2) is 23.2 Å². The number of aromatic nitrogens is 1. The average Bonchev–Trinajstić information content (AvgIpc) is 2.53. The molecule has 1 rings (SSSR count). The van der Waals surface area contributed by atoms with Gasteiger partial charge in [-0.1, -0.05) is 25.4 Å². The summed E-state index contributed by atoms with van der Waals surface area (Å²) in [4.78, 5) is 4.13. The Morgan fingerprint density at radius 3 is 2.79 bits per heavy atom. The van der Waals surface area contributed by atoms with Gasteiger partial charge < -0.3 is 10.4 Å². The maximum absolute atomic E-state index is 9.16. The number of hydrogen-bond donors (Lipinski definition) is 2. The van der Waals surface area contributed by atoms with Gasteiger partial charge in [-0.05, 0) is 12.5 Å². The minimum atomic E-state index is -0.0881. The maximum atomic E-state index is 9.16. The second-order valence-corrected chi connectivity index (χ2v) is 5.23. The first-order valence-corrected chi connectivity index (χ1v) is 5.78. The lowest BCUT2D eigenvalue weighted by Gasteiger charge is -2.14. The van der Waals surface area contributed by atoms with Crippen molar-refractivity contribution in [3.63, 3.8) is 0 Å². The number of halogens is 1. The van der Waals surface area contributed by atoms with Crippen molar-refractivity contribution >= 4 is 22.9 Å². The van der Waals surface area contributed by atoms with Crippen molar-refractivity contribution in [3.05, 3.63) is 15.5 Å². The van der Waals surface area contributed by atoms with E-state index in [-0.39, 0.29) is 12.6 Å². The molecule has 1 aromatic rings. The van der Waals surface area contributed by atoms with Crippen LogP contribution in [0.15, 0.2) is 6.20 Å². The molecule has 14 heavy (non-hydrogen) atoms. The minimum Gasteiger partial charge on any atom is -0.394 e. The smallest absolute Gasteiger partial charge is 0.113 e. The Morgan fingerprint density at radius 2 is 2.36 bits per heavy atom. The van der Waals surface area contributed by atoms with E-state index in [1.807, 2.05) is 0 Å². The standard InChI is InChI=1S/C9H15ClN2OS/c1-6(2)3-11-7(5-13)9-12-4-8(10)14-9/h4,6-7,11,13H,3,5H2,1-2H3. The molecule has 0 aliphatic carbocycles. The monoisotopic (exact) mass is 234 g/mol. The van der Waals surface area contributed by atoms with Crippen LogP contribution >= 0.6 is 22.9 Å². The van der Waals surface area contributed by atoms with Crippen LogP contribution in [0.5, 0.6) is 0 Å². The van der Waals surface area contributed by atoms with Gasteiger partial charge in [0.2, 0.25) is 0 Å². The SMILES string of the molecule is CC(C)CNC(CO)c1ncc(Cl)s1. The average molecular weight is 235 g/mol. The van der Waals surface area contributed by atoms with Gasteiger partial charge in [0, 0.05) is 0 Å². The summed E-state index contributed by atoms with van der Waals surface area (Å²) < 4.78 is 0.657. The van der Waals surface area contributed by atoms with E-state index in [0.29, 0.717) is 10.3 Å². The van der Waals surface area contributed by atoms with Crippen molar-refractivity contribution in [1.29, 1.82) is 0 Å². The highest BCUT2D eigenvalue weighted by molar-refractivity contribution is 7.15. The van der Waals surface area contributed by atoms with Crippen molar-refractivity contribution in [2.24, 2.45) is 5.92 Å². The molecule has 0 aromatic carbocycles. The number of aliphatic hydroxyl groups excluding tert-OH is 1. The van der Waals surface area contributed by atoms with Crippen molar-refractivity contribution in [2.45, 2.75) is 19.9 Å². The summed E-state index contributed by atoms with van der Waals surface area (Å²) in [5.74, 6) is 0.555. The lowest BCUT2D eigenvalue weighted by atomic mass is 10.2. The number of thiazole rings is 1. The fraction of sp³-hybridized carbons (Fsp3) is 0.667. The Hall–Kier alpha value is -0.160. The van der Waals surface area contributed by atoms with E-state index < -0.39 is 0 Å². The van der Waals surface area contributed by atoms with Crippen LogP contribution in [0.2, 0.25) is 4.34 Å². The second kappa shape index (κ2) is 5.66. The van der Waals surface area contributed by atoms with Crippen molar-refractivity contribution in [3.8, 4) is 0 Å². The van der Waals surface area contributed by atoms with E-state index in [4.69, 9.17) is 16.7 Å². The van der Waals surface area contributed by atoms with Crippen molar-refractivity contribution in [1.82, 2.24) is 10.3 Å². The van der Waals surface area contributed by atoms with E-state index in [2.05, 4.69) is 24.1 Å². The highest BCUT2D eigenvalue weighted by Crippen LogP contribution is 2.23. The summed E-state index contributed by atoms with van der Waals surface area (Å²) >= 11 is 7.17. The Bertz CT molecular complexity index is 278. The highest BCUT2D eigenvalue weighted by atomic mass is 35.5. The number of aliphatic hydroxyl groups is 1. The molecule has 80 valence electrons. The van der Waals surface area contributed by atoms with Gasteiger partial charge in [0.05, 0.1) is 18.8 Å². The third-order valence-corrected chi connectivity index (χ3v) is 2.98. The molecule has 1 aromatic heterocycles. The zero-order valence-corrected chi connectivity index (χ0v) is 9.90. The predicted octanol–water partition coefficient (Wildman–Crippen LogP) is 2.08. The fourth-order valence-corrected chi connectivity index (χ4v) is 2.03. The van der Waals surface area contributed by atoms with E-state index in [0.717, 1.165) is 11.6 Å². The Balaban J connectivity index is 2.54. The molecule has 0 saturated heterocycles. The zero-order valence-electron chi connectivity index (χ0n) is 8.33. The quantitative estimate of drug-likeness (QED) is 0.820. The molecule has 1 heterocycles. The predicted molar refractivity (Wildman–Crippen MR) is 59.8 cm³/mol. The molecule has 0 aliphatic heterocycles. The van der Waals surface area contributed by atoms with Crippen LogP contribution in [0.4, 0.5) is 0 Å². The molecule has 0 aliphatic rings. The van der Waals surface area contributed by atoms with E-state index in [1.165, 1.54) is 11.3 Å². The molecule has 3 nitrogen and oxygen atoms in total. The number of rotatable bonds is 5. The molecule has 0 spiro atoms. The second-order valence-electron chi connectivity index (χ2n) is 3.54. The number of hydrogen-bond acceptors (Lipinski definition) is 4. The first-order valence-electron chi connectivity index (χ1n) is 4.59. The summed E-state index contributed by atoms with van der Waals surface area (Å²) in [5.41, 5.74) is 0. The van der Waals surface area contributed by atoms with Crippen molar-refractivity contribution in [2.75, 3.05) is 13.2 Å². The van der Waals surface area contributed by atoms with Gasteiger partial charge in [0.1, 0.15) is 9.34 Å². The van der Waals surface area contributed by atoms with Gasteiger partial charge in [-0.3, -0.25) is 0 Å². The molecule has 2 N–H and O–H groups in total. The highest BCUT2D eigenvalue weighted by Gasteiger charge is 2.13. The molecular formula is C9H15ClN2OS. The van der Waals surface area contributed by atoms with Crippen LogP contribution in [-0.2, 0) is 0 Å². The van der Waals surface area contributed by atoms with Crippen LogP contribution in [0.3, 0.4) is 0 Å². The molecule has 0 radical (unpaired) electrons. The largest absolute Gasteiger partial charge is 0.394 e. The summed E-state index contributed by atoms with van der Waals surface area (Å²) in [6.45, 7) is 5.16. The van der Waals surface area contributed by atoms with Gasteiger partial charge in [-0.2, -0.15) is 0 Å². The van der Waals surface area contributed by atoms with E-state index in [1.54, 1.807) is 6.20 Å². The molecular weight excluding hydrogens is 220 g/mol. The Labute approximate surface area is 93.1 Å². The van der Waals surface area contributed by atoms with Crippen LogP contribution in [0, 0.1) is 5.92 Å². The molecule has 1 atom stereocenters. The number of nitrogens with one attached hydrogen (secondary N) is 1. The minimum absolute atomic E-state index is 0.0521. The molecule has 0 bridgehead atoms. The van der Waals surface area contributed by atoms with Crippen LogP contribution in [0.1, 0.15) is 24.9 Å². The zero-order chi connectivity index (χ0) is 10.6. The fourth-order valence-electron chi connectivity index (χ4n) is 1.04. The Kier molecular flexibility index (Phi) is 4.81. The number of nitrogens with zero attached hydrogens (tertiary/aromatic N) is 1. The third-order valence-electron chi connectivity index (χ3n) is 1.75. The molecule has 0 amide bonds. The Morgan fingerprint density at radius 1 is 1.64 bits per heavy atom. The van der Waals surface area contributed by atoms with Crippen LogP contribution in [0.25, 0.3) is 0 Å². The lowest BCUT2D eigenvalue weighted by Crippen LogP contribution is -2.27. The first-order chi connectivity index (χ1) is 6.63. The lowest BCUT2D eigenvalue weighted by molar-refractivity contribution is 0.240. The van der Waals surface area contributed by atoms with Gasteiger partial charge in [0.15, 0.2) is 0 Å². The van der Waals surface area contributed by atoms with Crippen molar-refractivity contribution < 1.29 is 5.11 Å². The molecule has 0 fully saturated rings. The first kappa shape index (κ1) is 11.9. The molecule has 1 unspecified atom stereocenters. The third kappa shape index (κ3) is 3.53. The van der Waals surface area contributed by atoms with Gasteiger partial charge in [-0.25, -0.2) is 4.98 Å². The maximum Gasteiger partial charge on any atom is 0.113 e. The molecule has 5 heteroatoms. The summed E-state index contributed by atoms with van der Waals surface area (Å²) in [7, 11) is 0. The van der Waals surface area contributed by atoms with Gasteiger partial charge in [0.25, 0.3) is 0 Å². The topological polar surface area (TPSA) is 45.1 Å². The van der Waals surface area contributed by atoms with E-state index >= 15 is 0 Å². The summed E-state index contributed by atoms with van der Waals surface area (Å²) in [5, 5.41) is 13.2. The normalized spacial score (nSPS) is 13.5. The summed E-state index contributed by atoms with van der Waals surface area (Å²) in [6, 6.07) is -0.0881. The van der Waals surface area contributed by atoms with Gasteiger partial charge >= 0.3 is 0 Å².